The van der Waals surface area contributed by atoms with Crippen LogP contribution in [0.3, 0.4) is 0 Å². The number of alkyl halides is 6. The number of carboxylic acid groups (broad SMARTS) is 1. The highest BCUT2D eigenvalue weighted by Crippen LogP contribution is 2.35. The van der Waals surface area contributed by atoms with Gasteiger partial charge in [-0.15, -0.1) is 13.2 Å². The Bertz CT molecular complexity index is 573. The predicted molar refractivity (Wildman–Crippen MR) is 50.1 cm³/mol. The van der Waals surface area contributed by atoms with Crippen LogP contribution in [0.25, 0.3) is 0 Å². The molecule has 2 N–H and O–H groups in total. The minimum absolute atomic E-state index is 0.0982. The summed E-state index contributed by atoms with van der Waals surface area (Å²) in [5.41, 5.74) is -4.72. The Balaban J connectivity index is 3.52. The highest BCUT2D eigenvalue weighted by Gasteiger charge is 2.39. The van der Waals surface area contributed by atoms with Crippen LogP contribution in [-0.4, -0.2) is 22.4 Å². The second kappa shape index (κ2) is 5.06. The van der Waals surface area contributed by atoms with E-state index in [1.165, 1.54) is 4.98 Å². The van der Waals surface area contributed by atoms with E-state index in [0.29, 0.717) is 0 Å². The summed E-state index contributed by atoms with van der Waals surface area (Å²) in [6.45, 7) is 0. The number of carbonyl (C=O) groups is 1. The molecule has 0 radical (unpaired) electrons. The van der Waals surface area contributed by atoms with Crippen LogP contribution in [0, 0.1) is 0 Å². The van der Waals surface area contributed by atoms with Crippen LogP contribution in [-0.2, 0) is 17.4 Å². The maximum Gasteiger partial charge on any atom is 0.573 e. The van der Waals surface area contributed by atoms with Crippen molar-refractivity contribution in [1.29, 1.82) is 0 Å². The number of hydrogen-bond donors (Lipinski definition) is 2. The maximum absolute atomic E-state index is 12.6. The van der Waals surface area contributed by atoms with E-state index in [1.54, 1.807) is 0 Å². The lowest BCUT2D eigenvalue weighted by atomic mass is 10.1. The average molecular weight is 305 g/mol. The summed E-state index contributed by atoms with van der Waals surface area (Å²) in [5.74, 6) is -3.33. The molecule has 0 spiro atoms. The van der Waals surface area contributed by atoms with Crippen molar-refractivity contribution in [3.05, 3.63) is 27.7 Å². The molecule has 112 valence electrons. The molecule has 0 saturated carbocycles. The number of carboxylic acids is 1. The van der Waals surface area contributed by atoms with Gasteiger partial charge in [-0.2, -0.15) is 13.2 Å². The zero-order valence-corrected chi connectivity index (χ0v) is 9.22. The Hall–Kier alpha value is -2.20. The highest BCUT2D eigenvalue weighted by atomic mass is 19.4. The molecule has 0 aliphatic heterocycles. The number of rotatable bonds is 3. The summed E-state index contributed by atoms with van der Waals surface area (Å²) >= 11 is 0. The molecular formula is C9H5F6NO4. The molecule has 0 amide bonds. The summed E-state index contributed by atoms with van der Waals surface area (Å²) in [7, 11) is 0. The SMILES string of the molecule is O=C(O)Cc1c(OC(F)(F)F)cc(=O)[nH]c1C(F)(F)F. The molecule has 1 aromatic rings. The monoisotopic (exact) mass is 305 g/mol. The summed E-state index contributed by atoms with van der Waals surface area (Å²) in [6.07, 6.45) is -12.0. The zero-order valence-electron chi connectivity index (χ0n) is 9.22. The molecule has 11 heteroatoms. The molecule has 0 unspecified atom stereocenters. The van der Waals surface area contributed by atoms with Crippen molar-refractivity contribution in [2.24, 2.45) is 0 Å². The van der Waals surface area contributed by atoms with Crippen molar-refractivity contribution in [3.63, 3.8) is 0 Å². The molecule has 20 heavy (non-hydrogen) atoms. The highest BCUT2D eigenvalue weighted by molar-refractivity contribution is 5.72. The lowest BCUT2D eigenvalue weighted by molar-refractivity contribution is -0.275. The van der Waals surface area contributed by atoms with Crippen LogP contribution in [0.5, 0.6) is 5.75 Å². The Kier molecular flexibility index (Phi) is 4.01. The Labute approximate surface area is 105 Å². The molecule has 5 nitrogen and oxygen atoms in total. The van der Waals surface area contributed by atoms with Crippen LogP contribution in [0.2, 0.25) is 0 Å². The Morgan fingerprint density at radius 3 is 2.20 bits per heavy atom. The van der Waals surface area contributed by atoms with Crippen molar-refractivity contribution in [1.82, 2.24) is 4.98 Å². The molecular weight excluding hydrogens is 300 g/mol. The Morgan fingerprint density at radius 1 is 1.25 bits per heavy atom. The smallest absolute Gasteiger partial charge is 0.481 e. The van der Waals surface area contributed by atoms with Gasteiger partial charge in [0, 0.05) is 11.6 Å². The van der Waals surface area contributed by atoms with Gasteiger partial charge in [0.1, 0.15) is 11.4 Å². The summed E-state index contributed by atoms with van der Waals surface area (Å²) in [6, 6.07) is 0.0982. The molecule has 0 aliphatic rings. The third kappa shape index (κ3) is 4.17. The Morgan fingerprint density at radius 2 is 1.80 bits per heavy atom. The molecule has 0 aliphatic carbocycles. The largest absolute Gasteiger partial charge is 0.573 e. The van der Waals surface area contributed by atoms with Gasteiger partial charge in [0.2, 0.25) is 0 Å². The van der Waals surface area contributed by atoms with E-state index in [9.17, 15) is 35.9 Å². The van der Waals surface area contributed by atoms with Gasteiger partial charge < -0.3 is 14.8 Å². The van der Waals surface area contributed by atoms with Crippen LogP contribution in [0.4, 0.5) is 26.3 Å². The number of pyridine rings is 1. The van der Waals surface area contributed by atoms with Gasteiger partial charge in [0.05, 0.1) is 6.42 Å². The topological polar surface area (TPSA) is 79.4 Å². The van der Waals surface area contributed by atoms with Gasteiger partial charge in [-0.1, -0.05) is 0 Å². The normalized spacial score (nSPS) is 12.3. The summed E-state index contributed by atoms with van der Waals surface area (Å²) < 4.78 is 77.2. The number of halogens is 6. The van der Waals surface area contributed by atoms with Gasteiger partial charge in [-0.25, -0.2) is 0 Å². The number of aliphatic carboxylic acids is 1. The number of ether oxygens (including phenoxy) is 1. The number of H-pyrrole nitrogens is 1. The zero-order chi connectivity index (χ0) is 15.7. The minimum Gasteiger partial charge on any atom is -0.481 e. The van der Waals surface area contributed by atoms with Gasteiger partial charge >= 0.3 is 18.5 Å². The molecule has 1 heterocycles. The fraction of sp³-hybridized carbons (Fsp3) is 0.333. The average Bonchev–Trinajstić information content (AvgIpc) is 2.16. The lowest BCUT2D eigenvalue weighted by Crippen LogP contribution is -2.25. The molecule has 0 fully saturated rings. The van der Waals surface area contributed by atoms with Gasteiger partial charge in [-0.3, -0.25) is 9.59 Å². The molecule has 0 bridgehead atoms. The fourth-order valence-corrected chi connectivity index (χ4v) is 1.35. The standard InChI is InChI=1S/C9H5F6NO4/c10-8(11,12)7-3(1-6(18)19)4(2-5(17)16-7)20-9(13,14)15/h2H,1H2,(H,16,17)(H,18,19). The molecule has 0 aromatic carbocycles. The predicted octanol–water partition coefficient (Wildman–Crippen LogP) is 1.92. The summed E-state index contributed by atoms with van der Waals surface area (Å²) in [5, 5.41) is 8.45. The number of aromatic nitrogens is 1. The second-order valence-electron chi connectivity index (χ2n) is 3.47. The fourth-order valence-electron chi connectivity index (χ4n) is 1.35. The van der Waals surface area contributed by atoms with Crippen LogP contribution < -0.4 is 10.3 Å². The maximum atomic E-state index is 12.6. The van der Waals surface area contributed by atoms with Crippen LogP contribution in [0.15, 0.2) is 10.9 Å². The van der Waals surface area contributed by atoms with E-state index in [0.717, 1.165) is 0 Å². The lowest BCUT2D eigenvalue weighted by Gasteiger charge is -2.16. The first-order valence-electron chi connectivity index (χ1n) is 4.71. The van der Waals surface area contributed by atoms with E-state index >= 15 is 0 Å². The first kappa shape index (κ1) is 15.9. The molecule has 1 rings (SSSR count). The second-order valence-corrected chi connectivity index (χ2v) is 3.47. The van der Waals surface area contributed by atoms with Crippen molar-refractivity contribution < 1.29 is 41.0 Å². The third-order valence-electron chi connectivity index (χ3n) is 1.95. The number of hydrogen-bond acceptors (Lipinski definition) is 3. The van der Waals surface area contributed by atoms with E-state index in [2.05, 4.69) is 4.74 Å². The number of nitrogens with one attached hydrogen (secondary N) is 1. The van der Waals surface area contributed by atoms with Crippen molar-refractivity contribution in [3.8, 4) is 5.75 Å². The van der Waals surface area contributed by atoms with Gasteiger partial charge in [0.15, 0.2) is 0 Å². The van der Waals surface area contributed by atoms with Gasteiger partial charge in [0.25, 0.3) is 5.56 Å². The molecule has 0 saturated heterocycles. The van der Waals surface area contributed by atoms with Crippen LogP contribution >= 0.6 is 0 Å². The van der Waals surface area contributed by atoms with E-state index in [-0.39, 0.29) is 6.07 Å². The first-order chi connectivity index (χ1) is 8.90. The minimum atomic E-state index is -5.37. The van der Waals surface area contributed by atoms with E-state index in [4.69, 9.17) is 5.11 Å². The molecule has 0 atom stereocenters. The third-order valence-corrected chi connectivity index (χ3v) is 1.95. The van der Waals surface area contributed by atoms with Crippen molar-refractivity contribution in [2.45, 2.75) is 19.0 Å². The quantitative estimate of drug-likeness (QED) is 0.836. The summed E-state index contributed by atoms with van der Waals surface area (Å²) in [4.78, 5) is 22.6. The van der Waals surface area contributed by atoms with Crippen LogP contribution in [0.1, 0.15) is 11.3 Å². The van der Waals surface area contributed by atoms with E-state index in [1.807, 2.05) is 0 Å². The first-order valence-corrected chi connectivity index (χ1v) is 4.71. The molecule has 1 aromatic heterocycles. The van der Waals surface area contributed by atoms with Crippen molar-refractivity contribution in [2.75, 3.05) is 0 Å². The number of aromatic amines is 1. The van der Waals surface area contributed by atoms with E-state index < -0.39 is 47.5 Å². The van der Waals surface area contributed by atoms with Crippen molar-refractivity contribution >= 4 is 5.97 Å². The van der Waals surface area contributed by atoms with Gasteiger partial charge in [-0.05, 0) is 0 Å².